The fourth-order valence-electron chi connectivity index (χ4n) is 2.02. The average Bonchev–Trinajstić information content (AvgIpc) is 3.06. The van der Waals surface area contributed by atoms with Crippen molar-refractivity contribution in [2.24, 2.45) is 0 Å². The molecule has 0 fully saturated rings. The van der Waals surface area contributed by atoms with Crippen LogP contribution < -0.4 is 9.47 Å². The Morgan fingerprint density at radius 2 is 2.25 bits per heavy atom. The lowest BCUT2D eigenvalue weighted by Gasteiger charge is -2.11. The molecule has 0 amide bonds. The Kier molecular flexibility index (Phi) is 1.88. The number of nitrogens with one attached hydrogen (secondary N) is 1. The number of nitrogens with zero attached hydrogens (tertiary/aromatic N) is 2. The number of aromatic nitrogens is 3. The number of ether oxygens (including phenoxy) is 2. The molecule has 3 rings (SSSR count). The van der Waals surface area contributed by atoms with Crippen molar-refractivity contribution in [1.29, 1.82) is 0 Å². The fourth-order valence-corrected chi connectivity index (χ4v) is 3.04. The van der Waals surface area contributed by atoms with Crippen LogP contribution in [0.15, 0.2) is 29.5 Å². The van der Waals surface area contributed by atoms with E-state index in [1.54, 1.807) is 0 Å². The van der Waals surface area contributed by atoms with E-state index in [-0.39, 0.29) is 21.9 Å². The molecule has 0 aliphatic rings. The second-order valence-electron chi connectivity index (χ2n) is 4.66. The third-order valence-corrected chi connectivity index (χ3v) is 4.34. The van der Waals surface area contributed by atoms with Crippen LogP contribution in [-0.4, -0.2) is 33.2 Å². The lowest BCUT2D eigenvalue weighted by atomic mass is 10.1. The molecular weight excluding hydrogens is 326 g/mol. The van der Waals surface area contributed by atoms with Gasteiger partial charge in [0.15, 0.2) is 5.16 Å². The van der Waals surface area contributed by atoms with Crippen LogP contribution >= 0.6 is 0 Å². The van der Waals surface area contributed by atoms with Gasteiger partial charge in [0.2, 0.25) is 0 Å². The van der Waals surface area contributed by atoms with Gasteiger partial charge in [0, 0.05) is 31.6 Å². The van der Waals surface area contributed by atoms with Crippen molar-refractivity contribution >= 4 is 21.8 Å². The summed E-state index contributed by atoms with van der Waals surface area (Å²) in [6.45, 7) is -6.30. The Morgan fingerprint density at radius 1 is 1.33 bits per heavy atom. The summed E-state index contributed by atoms with van der Waals surface area (Å²) in [5.41, 5.74) is -1.92. The smallest absolute Gasteiger partial charge is 0.197 e. The molecule has 0 saturated heterocycles. The Morgan fingerprint density at radius 3 is 3.04 bits per heavy atom. The molecule has 2 heterocycles. The summed E-state index contributed by atoms with van der Waals surface area (Å²) in [7, 11) is -8.13. The molecule has 126 valence electrons. The van der Waals surface area contributed by atoms with E-state index in [9.17, 15) is 4.21 Å². The van der Waals surface area contributed by atoms with Gasteiger partial charge in [0.1, 0.15) is 11.5 Å². The lowest BCUT2D eigenvalue weighted by molar-refractivity contribution is 0.407. The van der Waals surface area contributed by atoms with Gasteiger partial charge in [-0.1, -0.05) is 0 Å². The summed E-state index contributed by atoms with van der Waals surface area (Å²) >= 11 is 0. The van der Waals surface area contributed by atoms with E-state index < -0.39 is 73.1 Å². The maximum atomic E-state index is 13.1. The second-order valence-corrected chi connectivity index (χ2v) is 6.03. The molecule has 7 heteroatoms. The third kappa shape index (κ3) is 2.99. The molecule has 3 aromatic rings. The summed E-state index contributed by atoms with van der Waals surface area (Å²) in [5.74, 6) is -1.79. The monoisotopic (exact) mass is 358 g/mol. The highest BCUT2D eigenvalue weighted by atomic mass is 32.2. The zero-order valence-corrected chi connectivity index (χ0v) is 12.8. The molecular formula is C17H19N3O3S. The molecule has 0 saturated carbocycles. The van der Waals surface area contributed by atoms with Crippen LogP contribution in [-0.2, 0) is 16.6 Å². The van der Waals surface area contributed by atoms with Crippen LogP contribution in [0.2, 0.25) is 0 Å². The standard InChI is InChI=1S/C17H19N3O3S/c1-10-8-18-15(11(2)16(10)23-4)9-24(21)17-19-13-6-5-12(22-3)7-14(13)20-17/h5-8H,9H2,1-4H3,(H,19,20)/i1D3,2D3,3D3,4D3,8D. The second kappa shape index (κ2) is 6.60. The van der Waals surface area contributed by atoms with Gasteiger partial charge in [-0.05, 0) is 25.8 Å². The van der Waals surface area contributed by atoms with Crippen LogP contribution in [0.25, 0.3) is 11.0 Å². The van der Waals surface area contributed by atoms with Crippen LogP contribution in [0, 0.1) is 13.7 Å². The molecule has 0 aliphatic heterocycles. The molecule has 1 N–H and O–H groups in total. The Bertz CT molecular complexity index is 1340. The van der Waals surface area contributed by atoms with Gasteiger partial charge in [-0.15, -0.1) is 0 Å². The molecule has 1 atom stereocenters. The summed E-state index contributed by atoms with van der Waals surface area (Å²) in [6, 6.07) is 4.03. The highest BCUT2D eigenvalue weighted by molar-refractivity contribution is 7.84. The van der Waals surface area contributed by atoms with Crippen molar-refractivity contribution in [3.05, 3.63) is 41.2 Å². The Labute approximate surface area is 161 Å². The first-order chi connectivity index (χ1) is 16.7. The zero-order chi connectivity index (χ0) is 28.1. The fraction of sp³-hybridized carbons (Fsp3) is 0.294. The average molecular weight is 359 g/mol. The zero-order valence-electron chi connectivity index (χ0n) is 25.0. The van der Waals surface area contributed by atoms with E-state index >= 15 is 0 Å². The highest BCUT2D eigenvalue weighted by Gasteiger charge is 2.16. The molecule has 6 nitrogen and oxygen atoms in total. The minimum atomic E-state index is -3.27. The molecule has 0 bridgehead atoms. The van der Waals surface area contributed by atoms with Gasteiger partial charge in [-0.2, -0.15) is 0 Å². The van der Waals surface area contributed by atoms with Crippen LogP contribution in [0.5, 0.6) is 11.5 Å². The maximum absolute atomic E-state index is 13.1. The molecule has 0 radical (unpaired) electrons. The van der Waals surface area contributed by atoms with Crippen LogP contribution in [0.3, 0.4) is 0 Å². The van der Waals surface area contributed by atoms with Crippen LogP contribution in [0.1, 0.15) is 34.6 Å². The van der Waals surface area contributed by atoms with Gasteiger partial charge in [-0.25, -0.2) is 4.98 Å². The number of benzene rings is 1. The number of fused-ring (bicyclic) bond motifs is 1. The van der Waals surface area contributed by atoms with Crippen LogP contribution in [0.4, 0.5) is 0 Å². The Balaban J connectivity index is 2.11. The van der Waals surface area contributed by atoms with Crippen molar-refractivity contribution < 1.29 is 31.5 Å². The first-order valence-corrected chi connectivity index (χ1v) is 7.78. The molecule has 24 heavy (non-hydrogen) atoms. The number of imidazole rings is 1. The van der Waals surface area contributed by atoms with Gasteiger partial charge in [0.25, 0.3) is 0 Å². The van der Waals surface area contributed by atoms with E-state index in [0.717, 1.165) is 0 Å². The van der Waals surface area contributed by atoms with E-state index in [0.29, 0.717) is 0 Å². The molecule has 1 unspecified atom stereocenters. The molecule has 0 aliphatic carbocycles. The van der Waals surface area contributed by atoms with E-state index in [4.69, 9.17) is 27.3 Å². The minimum Gasteiger partial charge on any atom is -0.497 e. The van der Waals surface area contributed by atoms with Gasteiger partial charge in [0.05, 0.1) is 57.0 Å². The van der Waals surface area contributed by atoms with E-state index in [1.807, 2.05) is 0 Å². The first kappa shape index (κ1) is 6.84. The summed E-state index contributed by atoms with van der Waals surface area (Å²) < 4.78 is 121. The van der Waals surface area contributed by atoms with Crippen molar-refractivity contribution in [3.63, 3.8) is 0 Å². The normalized spacial score (nSPS) is 22.4. The molecule has 0 spiro atoms. The number of methoxy groups -OCH3 is 2. The summed E-state index contributed by atoms with van der Waals surface area (Å²) in [4.78, 5) is 10.6. The largest absolute Gasteiger partial charge is 0.497 e. The van der Waals surface area contributed by atoms with Crippen molar-refractivity contribution in [2.45, 2.75) is 24.6 Å². The van der Waals surface area contributed by atoms with E-state index in [1.165, 1.54) is 18.2 Å². The van der Waals surface area contributed by atoms with Crippen molar-refractivity contribution in [2.75, 3.05) is 14.1 Å². The predicted octanol–water partition coefficient (Wildman–Crippen LogP) is 2.90. The van der Waals surface area contributed by atoms with Crippen molar-refractivity contribution in [1.82, 2.24) is 15.0 Å². The summed E-state index contributed by atoms with van der Waals surface area (Å²) in [5, 5.41) is -0.177. The van der Waals surface area contributed by atoms with Gasteiger partial charge >= 0.3 is 0 Å². The van der Waals surface area contributed by atoms with Gasteiger partial charge < -0.3 is 14.5 Å². The molecule has 1 aromatic carbocycles. The lowest BCUT2D eigenvalue weighted by Crippen LogP contribution is -2.05. The Hall–Kier alpha value is -2.41. The van der Waals surface area contributed by atoms with Gasteiger partial charge in [-0.3, -0.25) is 9.19 Å². The SMILES string of the molecule is [2H]c1nc(CS(=O)c2nc3ccc(OC([2H])([2H])[2H])cc3[nH]2)c(C([2H])([2H])[2H])c(OC([2H])([2H])[2H])c1C([2H])([2H])[2H]. The number of aromatic amines is 1. The number of rotatable bonds is 5. The molecule has 2 aromatic heterocycles. The first-order valence-electron chi connectivity index (χ1n) is 13.0. The minimum absolute atomic E-state index is 0.0228. The van der Waals surface area contributed by atoms with Crippen molar-refractivity contribution in [3.8, 4) is 11.5 Å². The highest BCUT2D eigenvalue weighted by Crippen LogP contribution is 2.26. The van der Waals surface area contributed by atoms with E-state index in [2.05, 4.69) is 15.0 Å². The predicted molar refractivity (Wildman–Crippen MR) is 93.0 cm³/mol. The maximum Gasteiger partial charge on any atom is 0.197 e. The number of H-pyrrole nitrogens is 1. The quantitative estimate of drug-likeness (QED) is 0.759. The number of hydrogen-bond acceptors (Lipinski definition) is 5. The number of hydrogen-bond donors (Lipinski definition) is 1. The third-order valence-electron chi connectivity index (χ3n) is 3.18. The number of pyridine rings is 1. The summed E-state index contributed by atoms with van der Waals surface area (Å²) in [6.07, 6.45) is -0.963. The topological polar surface area (TPSA) is 77.1 Å².